The summed E-state index contributed by atoms with van der Waals surface area (Å²) in [6.45, 7) is 6.35. The van der Waals surface area contributed by atoms with Crippen LogP contribution in [0.2, 0.25) is 0 Å². The molecule has 2 saturated carbocycles. The molecule has 0 bridgehead atoms. The Labute approximate surface area is 125 Å². The summed E-state index contributed by atoms with van der Waals surface area (Å²) in [5, 5.41) is 3.60. The van der Waals surface area contributed by atoms with Crippen molar-refractivity contribution in [3.8, 4) is 0 Å². The van der Waals surface area contributed by atoms with Gasteiger partial charge in [0.25, 0.3) is 0 Å². The lowest BCUT2D eigenvalue weighted by atomic mass is 9.83. The molecule has 1 aliphatic heterocycles. The zero-order chi connectivity index (χ0) is 13.8. The van der Waals surface area contributed by atoms with Crippen LogP contribution >= 0.6 is 0 Å². The van der Waals surface area contributed by atoms with Gasteiger partial charge >= 0.3 is 0 Å². The summed E-state index contributed by atoms with van der Waals surface area (Å²) < 4.78 is 0. The normalized spacial score (nSPS) is 33.9. The fraction of sp³-hybridized carbons (Fsp3) is 1.00. The smallest absolute Gasteiger partial charge is 0.00984 e. The lowest BCUT2D eigenvalue weighted by Gasteiger charge is -2.45. The first-order chi connectivity index (χ1) is 9.77. The highest BCUT2D eigenvalue weighted by molar-refractivity contribution is 4.92. The molecule has 1 saturated heterocycles. The average Bonchev–Trinajstić information content (AvgIpc) is 2.94. The van der Waals surface area contributed by atoms with Crippen LogP contribution in [0.15, 0.2) is 0 Å². The Morgan fingerprint density at radius 2 is 1.45 bits per heavy atom. The molecular weight excluding hydrogens is 244 g/mol. The second-order valence-corrected chi connectivity index (χ2v) is 7.99. The average molecular weight is 278 g/mol. The van der Waals surface area contributed by atoms with Crippen LogP contribution in [0.5, 0.6) is 0 Å². The third kappa shape index (κ3) is 3.57. The SMILES string of the molecule is CC1(CN(C2CCCCC2)C2CCCCC2)CCNC1. The minimum atomic E-state index is 0.537. The van der Waals surface area contributed by atoms with Crippen LogP contribution in [0, 0.1) is 5.41 Å². The molecule has 1 unspecified atom stereocenters. The fourth-order valence-electron chi connectivity index (χ4n) is 4.83. The lowest BCUT2D eigenvalue weighted by molar-refractivity contribution is 0.0442. The largest absolute Gasteiger partial charge is 0.316 e. The minimum absolute atomic E-state index is 0.537. The van der Waals surface area contributed by atoms with E-state index in [1.165, 1.54) is 90.3 Å². The molecule has 0 aromatic rings. The van der Waals surface area contributed by atoms with Gasteiger partial charge < -0.3 is 5.32 Å². The maximum atomic E-state index is 3.60. The molecule has 3 fully saturated rings. The van der Waals surface area contributed by atoms with Gasteiger partial charge in [-0.3, -0.25) is 4.90 Å². The van der Waals surface area contributed by atoms with E-state index in [0.29, 0.717) is 5.41 Å². The third-order valence-corrected chi connectivity index (χ3v) is 6.11. The van der Waals surface area contributed by atoms with Gasteiger partial charge in [-0.1, -0.05) is 45.4 Å². The van der Waals surface area contributed by atoms with Crippen LogP contribution in [0.25, 0.3) is 0 Å². The van der Waals surface area contributed by atoms with Gasteiger partial charge in [0.2, 0.25) is 0 Å². The molecule has 0 radical (unpaired) electrons. The summed E-state index contributed by atoms with van der Waals surface area (Å²) in [5.74, 6) is 0. The van der Waals surface area contributed by atoms with Crippen molar-refractivity contribution < 1.29 is 0 Å². The molecule has 2 aliphatic carbocycles. The molecule has 0 aromatic heterocycles. The quantitative estimate of drug-likeness (QED) is 0.837. The van der Waals surface area contributed by atoms with E-state index >= 15 is 0 Å². The van der Waals surface area contributed by atoms with E-state index < -0.39 is 0 Å². The van der Waals surface area contributed by atoms with Crippen LogP contribution in [0.3, 0.4) is 0 Å². The summed E-state index contributed by atoms with van der Waals surface area (Å²) >= 11 is 0. The first-order valence-electron chi connectivity index (χ1n) is 9.23. The maximum absolute atomic E-state index is 3.60. The maximum Gasteiger partial charge on any atom is 0.00984 e. The number of rotatable bonds is 4. The molecule has 2 nitrogen and oxygen atoms in total. The van der Waals surface area contributed by atoms with Crippen LogP contribution in [-0.4, -0.2) is 36.6 Å². The Bertz CT molecular complexity index is 266. The van der Waals surface area contributed by atoms with E-state index in [0.717, 1.165) is 12.1 Å². The topological polar surface area (TPSA) is 15.3 Å². The van der Waals surface area contributed by atoms with Gasteiger partial charge in [0.1, 0.15) is 0 Å². The molecule has 20 heavy (non-hydrogen) atoms. The zero-order valence-corrected chi connectivity index (χ0v) is 13.5. The standard InChI is InChI=1S/C18H34N2/c1-18(12-13-19-14-18)15-20(16-8-4-2-5-9-16)17-10-6-3-7-11-17/h16-17,19H,2-15H2,1H3. The van der Waals surface area contributed by atoms with Crippen LogP contribution in [-0.2, 0) is 0 Å². The molecular formula is C18H34N2. The van der Waals surface area contributed by atoms with Crippen molar-refractivity contribution in [3.63, 3.8) is 0 Å². The second kappa shape index (κ2) is 6.79. The van der Waals surface area contributed by atoms with E-state index in [-0.39, 0.29) is 0 Å². The van der Waals surface area contributed by atoms with E-state index in [1.54, 1.807) is 0 Å². The molecule has 0 spiro atoms. The highest BCUT2D eigenvalue weighted by Gasteiger charge is 2.36. The monoisotopic (exact) mass is 278 g/mol. The number of hydrogen-bond acceptors (Lipinski definition) is 2. The molecule has 116 valence electrons. The number of nitrogens with one attached hydrogen (secondary N) is 1. The van der Waals surface area contributed by atoms with Gasteiger partial charge in [0, 0.05) is 25.2 Å². The molecule has 3 rings (SSSR count). The van der Waals surface area contributed by atoms with Gasteiger partial charge in [0.15, 0.2) is 0 Å². The van der Waals surface area contributed by atoms with E-state index in [2.05, 4.69) is 17.1 Å². The lowest BCUT2D eigenvalue weighted by Crippen LogP contribution is -2.50. The highest BCUT2D eigenvalue weighted by atomic mass is 15.2. The Balaban J connectivity index is 1.67. The molecule has 0 amide bonds. The highest BCUT2D eigenvalue weighted by Crippen LogP contribution is 2.34. The Hall–Kier alpha value is -0.0800. The second-order valence-electron chi connectivity index (χ2n) is 7.99. The van der Waals surface area contributed by atoms with Gasteiger partial charge in [-0.15, -0.1) is 0 Å². The first kappa shape index (κ1) is 14.8. The fourth-order valence-corrected chi connectivity index (χ4v) is 4.83. The molecule has 1 atom stereocenters. The van der Waals surface area contributed by atoms with Crippen LogP contribution in [0.4, 0.5) is 0 Å². The number of hydrogen-bond donors (Lipinski definition) is 1. The molecule has 0 aromatic carbocycles. The van der Waals surface area contributed by atoms with E-state index in [9.17, 15) is 0 Å². The molecule has 1 N–H and O–H groups in total. The van der Waals surface area contributed by atoms with Gasteiger partial charge in [-0.25, -0.2) is 0 Å². The van der Waals surface area contributed by atoms with Crippen molar-refractivity contribution in [1.29, 1.82) is 0 Å². The van der Waals surface area contributed by atoms with Crippen molar-refractivity contribution in [1.82, 2.24) is 10.2 Å². The van der Waals surface area contributed by atoms with Crippen LogP contribution in [0.1, 0.15) is 77.6 Å². The Morgan fingerprint density at radius 1 is 0.900 bits per heavy atom. The van der Waals surface area contributed by atoms with Crippen molar-refractivity contribution in [3.05, 3.63) is 0 Å². The summed E-state index contributed by atoms with van der Waals surface area (Å²) in [6.07, 6.45) is 16.1. The van der Waals surface area contributed by atoms with Gasteiger partial charge in [-0.05, 0) is 44.1 Å². The van der Waals surface area contributed by atoms with Crippen molar-refractivity contribution in [2.75, 3.05) is 19.6 Å². The van der Waals surface area contributed by atoms with E-state index in [1.807, 2.05) is 0 Å². The Kier molecular flexibility index (Phi) is 5.04. The summed E-state index contributed by atoms with van der Waals surface area (Å²) in [6, 6.07) is 1.81. The Morgan fingerprint density at radius 3 is 1.90 bits per heavy atom. The first-order valence-corrected chi connectivity index (χ1v) is 9.23. The van der Waals surface area contributed by atoms with Crippen molar-refractivity contribution >= 4 is 0 Å². The third-order valence-electron chi connectivity index (χ3n) is 6.11. The molecule has 1 heterocycles. The molecule has 2 heteroatoms. The predicted octanol–water partition coefficient (Wildman–Crippen LogP) is 3.95. The van der Waals surface area contributed by atoms with Gasteiger partial charge in [-0.2, -0.15) is 0 Å². The predicted molar refractivity (Wildman–Crippen MR) is 86.0 cm³/mol. The van der Waals surface area contributed by atoms with Gasteiger partial charge in [0.05, 0.1) is 0 Å². The summed E-state index contributed by atoms with van der Waals surface area (Å²) in [4.78, 5) is 2.99. The van der Waals surface area contributed by atoms with Crippen molar-refractivity contribution in [2.24, 2.45) is 5.41 Å². The van der Waals surface area contributed by atoms with E-state index in [4.69, 9.17) is 0 Å². The van der Waals surface area contributed by atoms with Crippen molar-refractivity contribution in [2.45, 2.75) is 89.6 Å². The zero-order valence-electron chi connectivity index (χ0n) is 13.5. The summed E-state index contributed by atoms with van der Waals surface area (Å²) in [5.41, 5.74) is 0.537. The molecule has 3 aliphatic rings. The minimum Gasteiger partial charge on any atom is -0.316 e. The summed E-state index contributed by atoms with van der Waals surface area (Å²) in [7, 11) is 0. The van der Waals surface area contributed by atoms with Crippen LogP contribution < -0.4 is 5.32 Å². The number of nitrogens with zero attached hydrogens (tertiary/aromatic N) is 1.